The van der Waals surface area contributed by atoms with Crippen molar-refractivity contribution in [2.75, 3.05) is 11.2 Å². The van der Waals surface area contributed by atoms with Crippen molar-refractivity contribution in [3.63, 3.8) is 0 Å². The van der Waals surface area contributed by atoms with Crippen LogP contribution in [-0.4, -0.2) is 21.9 Å². The number of anilines is 1. The van der Waals surface area contributed by atoms with Gasteiger partial charge in [-0.1, -0.05) is 13.8 Å². The Kier molecular flexibility index (Phi) is 4.33. The summed E-state index contributed by atoms with van der Waals surface area (Å²) < 4.78 is 0. The van der Waals surface area contributed by atoms with E-state index in [9.17, 15) is 0 Å². The molecule has 1 rings (SSSR count). The maximum Gasteiger partial charge on any atom is 0.130 e. The van der Waals surface area contributed by atoms with Crippen LogP contribution in [0.2, 0.25) is 0 Å². The lowest BCUT2D eigenvalue weighted by atomic mass is 10.1. The minimum atomic E-state index is 0.250. The van der Waals surface area contributed by atoms with Crippen LogP contribution in [0.15, 0.2) is 6.07 Å². The Morgan fingerprint density at radius 1 is 1.33 bits per heavy atom. The molecule has 0 bridgehead atoms. The molecule has 1 heterocycles. The summed E-state index contributed by atoms with van der Waals surface area (Å²) in [7, 11) is 0. The van der Waals surface area contributed by atoms with Crippen molar-refractivity contribution < 1.29 is 0 Å². The van der Waals surface area contributed by atoms with E-state index in [0.29, 0.717) is 11.8 Å². The SMILES string of the molecule is Cc1cc(NC(CCl)C(C)C)nc(C)n1. The van der Waals surface area contributed by atoms with Gasteiger partial charge < -0.3 is 5.32 Å². The lowest BCUT2D eigenvalue weighted by molar-refractivity contribution is 0.562. The molecule has 84 valence electrons. The summed E-state index contributed by atoms with van der Waals surface area (Å²) in [6, 6.07) is 2.19. The largest absolute Gasteiger partial charge is 0.366 e. The lowest BCUT2D eigenvalue weighted by Gasteiger charge is -2.20. The van der Waals surface area contributed by atoms with Gasteiger partial charge in [-0.2, -0.15) is 0 Å². The Bertz CT molecular complexity index is 305. The molecular formula is C11H18ClN3. The number of hydrogen-bond donors (Lipinski definition) is 1. The quantitative estimate of drug-likeness (QED) is 0.804. The van der Waals surface area contributed by atoms with Crippen LogP contribution in [0.25, 0.3) is 0 Å². The van der Waals surface area contributed by atoms with E-state index in [0.717, 1.165) is 17.3 Å². The first-order chi connectivity index (χ1) is 7.02. The van der Waals surface area contributed by atoms with Crippen molar-refractivity contribution in [3.8, 4) is 0 Å². The van der Waals surface area contributed by atoms with E-state index >= 15 is 0 Å². The van der Waals surface area contributed by atoms with E-state index in [4.69, 9.17) is 11.6 Å². The molecule has 0 aliphatic carbocycles. The van der Waals surface area contributed by atoms with E-state index in [2.05, 4.69) is 29.1 Å². The first kappa shape index (κ1) is 12.2. The summed E-state index contributed by atoms with van der Waals surface area (Å²) in [5.41, 5.74) is 0.974. The standard InChI is InChI=1S/C11H18ClN3/c1-7(2)10(6-12)15-11-5-8(3)13-9(4)14-11/h5,7,10H,6H2,1-4H3,(H,13,14,15). The normalized spacial score (nSPS) is 12.9. The maximum atomic E-state index is 5.89. The second-order valence-corrected chi connectivity index (χ2v) is 4.40. The van der Waals surface area contributed by atoms with Gasteiger partial charge in [-0.05, 0) is 19.8 Å². The summed E-state index contributed by atoms with van der Waals surface area (Å²) >= 11 is 5.89. The number of aromatic nitrogens is 2. The smallest absolute Gasteiger partial charge is 0.130 e. The van der Waals surface area contributed by atoms with Gasteiger partial charge in [0.25, 0.3) is 0 Å². The summed E-state index contributed by atoms with van der Waals surface area (Å²) in [5, 5.41) is 3.33. The third-order valence-corrected chi connectivity index (χ3v) is 2.60. The fourth-order valence-electron chi connectivity index (χ4n) is 1.36. The van der Waals surface area contributed by atoms with E-state index in [1.807, 2.05) is 19.9 Å². The van der Waals surface area contributed by atoms with Gasteiger partial charge in [0.15, 0.2) is 0 Å². The van der Waals surface area contributed by atoms with Gasteiger partial charge in [-0.25, -0.2) is 9.97 Å². The third-order valence-electron chi connectivity index (χ3n) is 2.27. The lowest BCUT2D eigenvalue weighted by Crippen LogP contribution is -2.28. The predicted octanol–water partition coefficient (Wildman–Crippen LogP) is 2.77. The molecular weight excluding hydrogens is 210 g/mol. The number of rotatable bonds is 4. The fraction of sp³-hybridized carbons (Fsp3) is 0.636. The van der Waals surface area contributed by atoms with Crippen molar-refractivity contribution in [1.29, 1.82) is 0 Å². The Morgan fingerprint density at radius 2 is 2.00 bits per heavy atom. The monoisotopic (exact) mass is 227 g/mol. The van der Waals surface area contributed by atoms with E-state index in [1.54, 1.807) is 0 Å². The highest BCUT2D eigenvalue weighted by atomic mass is 35.5. The van der Waals surface area contributed by atoms with Crippen molar-refractivity contribution in [1.82, 2.24) is 9.97 Å². The van der Waals surface area contributed by atoms with Crippen LogP contribution in [0.4, 0.5) is 5.82 Å². The van der Waals surface area contributed by atoms with Gasteiger partial charge >= 0.3 is 0 Å². The Labute approximate surface area is 96.3 Å². The van der Waals surface area contributed by atoms with Gasteiger partial charge in [-0.3, -0.25) is 0 Å². The molecule has 0 amide bonds. The molecule has 0 saturated carbocycles. The molecule has 0 aromatic carbocycles. The molecule has 0 radical (unpaired) electrons. The van der Waals surface area contributed by atoms with E-state index in [-0.39, 0.29) is 6.04 Å². The minimum absolute atomic E-state index is 0.250. The van der Waals surface area contributed by atoms with Crippen LogP contribution < -0.4 is 5.32 Å². The maximum absolute atomic E-state index is 5.89. The first-order valence-electron chi connectivity index (χ1n) is 5.17. The Morgan fingerprint density at radius 3 is 2.47 bits per heavy atom. The van der Waals surface area contributed by atoms with Crippen molar-refractivity contribution in [2.45, 2.75) is 33.7 Å². The topological polar surface area (TPSA) is 37.8 Å². The summed E-state index contributed by atoms with van der Waals surface area (Å²) in [4.78, 5) is 8.55. The Balaban J connectivity index is 2.79. The second-order valence-electron chi connectivity index (χ2n) is 4.09. The molecule has 1 aromatic rings. The molecule has 15 heavy (non-hydrogen) atoms. The molecule has 4 heteroatoms. The number of halogens is 1. The highest BCUT2D eigenvalue weighted by molar-refractivity contribution is 6.18. The summed E-state index contributed by atoms with van der Waals surface area (Å²) in [6.07, 6.45) is 0. The zero-order valence-electron chi connectivity index (χ0n) is 9.71. The van der Waals surface area contributed by atoms with Crippen LogP contribution in [0, 0.1) is 19.8 Å². The van der Waals surface area contributed by atoms with Gasteiger partial charge in [-0.15, -0.1) is 11.6 Å². The number of nitrogens with one attached hydrogen (secondary N) is 1. The predicted molar refractivity (Wildman–Crippen MR) is 64.5 cm³/mol. The fourth-order valence-corrected chi connectivity index (χ4v) is 1.80. The minimum Gasteiger partial charge on any atom is -0.366 e. The van der Waals surface area contributed by atoms with Crippen molar-refractivity contribution in [3.05, 3.63) is 17.6 Å². The first-order valence-corrected chi connectivity index (χ1v) is 5.71. The van der Waals surface area contributed by atoms with Gasteiger partial charge in [0.2, 0.25) is 0 Å². The molecule has 0 saturated heterocycles. The molecule has 0 spiro atoms. The number of nitrogens with zero attached hydrogens (tertiary/aromatic N) is 2. The molecule has 0 aliphatic rings. The number of alkyl halides is 1. The van der Waals surface area contributed by atoms with Gasteiger partial charge in [0, 0.05) is 23.7 Å². The van der Waals surface area contributed by atoms with Crippen LogP contribution in [0.3, 0.4) is 0 Å². The van der Waals surface area contributed by atoms with Crippen LogP contribution in [0.1, 0.15) is 25.4 Å². The van der Waals surface area contributed by atoms with Crippen molar-refractivity contribution in [2.24, 2.45) is 5.92 Å². The van der Waals surface area contributed by atoms with E-state index < -0.39 is 0 Å². The van der Waals surface area contributed by atoms with Crippen LogP contribution >= 0.6 is 11.6 Å². The average molecular weight is 228 g/mol. The zero-order chi connectivity index (χ0) is 11.4. The molecule has 0 aliphatic heterocycles. The average Bonchev–Trinajstić information content (AvgIpc) is 2.12. The highest BCUT2D eigenvalue weighted by Crippen LogP contribution is 2.12. The number of hydrogen-bond acceptors (Lipinski definition) is 3. The molecule has 0 fully saturated rings. The molecule has 1 aromatic heterocycles. The zero-order valence-corrected chi connectivity index (χ0v) is 10.5. The van der Waals surface area contributed by atoms with Gasteiger partial charge in [0.1, 0.15) is 11.6 Å². The van der Waals surface area contributed by atoms with Crippen molar-refractivity contribution >= 4 is 17.4 Å². The molecule has 3 nitrogen and oxygen atoms in total. The summed E-state index contributed by atoms with van der Waals surface area (Å²) in [5.74, 6) is 2.71. The molecule has 1 atom stereocenters. The summed E-state index contributed by atoms with van der Waals surface area (Å²) in [6.45, 7) is 8.14. The Hall–Kier alpha value is -0.830. The number of aryl methyl sites for hydroxylation is 2. The molecule has 1 unspecified atom stereocenters. The van der Waals surface area contributed by atoms with Crippen LogP contribution in [-0.2, 0) is 0 Å². The highest BCUT2D eigenvalue weighted by Gasteiger charge is 2.12. The van der Waals surface area contributed by atoms with Gasteiger partial charge in [0.05, 0.1) is 0 Å². The van der Waals surface area contributed by atoms with E-state index in [1.165, 1.54) is 0 Å². The second kappa shape index (κ2) is 5.31. The van der Waals surface area contributed by atoms with Crippen LogP contribution in [0.5, 0.6) is 0 Å². The molecule has 1 N–H and O–H groups in total. The third kappa shape index (κ3) is 3.67.